The minimum Gasteiger partial charge on any atom is -0.488 e. The fraction of sp³-hybridized carbons (Fsp3) is 0.417. The standard InChI is InChI=1S/C12H15FN2O2/c13-8-1-2-10(14)11(6-8)17-9-3-7(4-9)5-12(15)16/h1-2,6-7,9H,3-5,14H2,(H2,15,16). The molecule has 1 amide bonds. The molecule has 92 valence electrons. The molecule has 1 aromatic carbocycles. The largest absolute Gasteiger partial charge is 0.488 e. The van der Waals surface area contributed by atoms with Crippen molar-refractivity contribution in [2.75, 3.05) is 5.73 Å². The Morgan fingerprint density at radius 2 is 2.18 bits per heavy atom. The van der Waals surface area contributed by atoms with E-state index in [0.29, 0.717) is 17.9 Å². The highest BCUT2D eigenvalue weighted by Gasteiger charge is 2.32. The van der Waals surface area contributed by atoms with E-state index in [9.17, 15) is 9.18 Å². The van der Waals surface area contributed by atoms with Crippen LogP contribution in [-0.2, 0) is 4.79 Å². The number of rotatable bonds is 4. The first-order chi connectivity index (χ1) is 8.04. The second-order valence-electron chi connectivity index (χ2n) is 4.43. The maximum Gasteiger partial charge on any atom is 0.217 e. The van der Waals surface area contributed by atoms with Gasteiger partial charge in [-0.05, 0) is 30.9 Å². The van der Waals surface area contributed by atoms with Crippen LogP contribution in [0.1, 0.15) is 19.3 Å². The van der Waals surface area contributed by atoms with Crippen LogP contribution in [0.2, 0.25) is 0 Å². The molecule has 1 saturated carbocycles. The van der Waals surface area contributed by atoms with E-state index in [0.717, 1.165) is 12.8 Å². The van der Waals surface area contributed by atoms with Crippen LogP contribution in [0, 0.1) is 11.7 Å². The lowest BCUT2D eigenvalue weighted by Gasteiger charge is -2.34. The van der Waals surface area contributed by atoms with E-state index in [-0.39, 0.29) is 23.7 Å². The molecule has 4 N–H and O–H groups in total. The highest BCUT2D eigenvalue weighted by atomic mass is 19.1. The predicted octanol–water partition coefficient (Wildman–Crippen LogP) is 1.44. The van der Waals surface area contributed by atoms with Gasteiger partial charge in [0, 0.05) is 12.5 Å². The summed E-state index contributed by atoms with van der Waals surface area (Å²) >= 11 is 0. The molecule has 0 unspecified atom stereocenters. The van der Waals surface area contributed by atoms with Crippen LogP contribution in [0.3, 0.4) is 0 Å². The first-order valence-electron chi connectivity index (χ1n) is 5.54. The number of anilines is 1. The Morgan fingerprint density at radius 1 is 1.47 bits per heavy atom. The number of hydrogen-bond donors (Lipinski definition) is 2. The first kappa shape index (κ1) is 11.7. The summed E-state index contributed by atoms with van der Waals surface area (Å²) < 4.78 is 18.5. The maximum atomic E-state index is 13.0. The van der Waals surface area contributed by atoms with Crippen molar-refractivity contribution >= 4 is 11.6 Å². The number of halogens is 1. The molecular formula is C12H15FN2O2. The van der Waals surface area contributed by atoms with Crippen molar-refractivity contribution in [2.45, 2.75) is 25.4 Å². The zero-order valence-corrected chi connectivity index (χ0v) is 9.36. The Bertz CT molecular complexity index is 431. The molecule has 0 atom stereocenters. The van der Waals surface area contributed by atoms with Crippen LogP contribution >= 0.6 is 0 Å². The molecule has 0 aliphatic heterocycles. The molecule has 5 heteroatoms. The SMILES string of the molecule is NC(=O)CC1CC(Oc2cc(F)ccc2N)C1. The van der Waals surface area contributed by atoms with Crippen molar-refractivity contribution in [1.29, 1.82) is 0 Å². The number of nitrogens with two attached hydrogens (primary N) is 2. The molecule has 17 heavy (non-hydrogen) atoms. The molecule has 4 nitrogen and oxygen atoms in total. The van der Waals surface area contributed by atoms with Crippen LogP contribution in [0.25, 0.3) is 0 Å². The zero-order chi connectivity index (χ0) is 12.4. The van der Waals surface area contributed by atoms with Crippen molar-refractivity contribution in [3.63, 3.8) is 0 Å². The normalized spacial score (nSPS) is 22.9. The molecule has 0 radical (unpaired) electrons. The van der Waals surface area contributed by atoms with Gasteiger partial charge >= 0.3 is 0 Å². The van der Waals surface area contributed by atoms with Gasteiger partial charge in [-0.25, -0.2) is 4.39 Å². The quantitative estimate of drug-likeness (QED) is 0.779. The van der Waals surface area contributed by atoms with E-state index < -0.39 is 0 Å². The monoisotopic (exact) mass is 238 g/mol. The summed E-state index contributed by atoms with van der Waals surface area (Å²) in [5.41, 5.74) is 11.2. The topological polar surface area (TPSA) is 78.3 Å². The average Bonchev–Trinajstić information content (AvgIpc) is 2.19. The van der Waals surface area contributed by atoms with Gasteiger partial charge in [0.15, 0.2) is 0 Å². The van der Waals surface area contributed by atoms with Crippen LogP contribution in [0.4, 0.5) is 10.1 Å². The van der Waals surface area contributed by atoms with E-state index in [2.05, 4.69) is 0 Å². The Hall–Kier alpha value is -1.78. The van der Waals surface area contributed by atoms with Gasteiger partial charge in [0.1, 0.15) is 11.6 Å². The smallest absolute Gasteiger partial charge is 0.217 e. The number of nitrogen functional groups attached to an aromatic ring is 1. The number of benzene rings is 1. The Kier molecular flexibility index (Phi) is 3.17. The van der Waals surface area contributed by atoms with Crippen molar-refractivity contribution < 1.29 is 13.9 Å². The molecule has 0 aromatic heterocycles. The van der Waals surface area contributed by atoms with E-state index >= 15 is 0 Å². The third-order valence-electron chi connectivity index (χ3n) is 2.95. The molecule has 1 aliphatic rings. The molecule has 1 fully saturated rings. The van der Waals surface area contributed by atoms with Crippen molar-refractivity contribution in [3.05, 3.63) is 24.0 Å². The third kappa shape index (κ3) is 2.87. The van der Waals surface area contributed by atoms with Crippen molar-refractivity contribution in [2.24, 2.45) is 11.7 Å². The number of hydrogen-bond acceptors (Lipinski definition) is 3. The fourth-order valence-corrected chi connectivity index (χ4v) is 2.01. The van der Waals surface area contributed by atoms with Crippen LogP contribution in [0.15, 0.2) is 18.2 Å². The maximum absolute atomic E-state index is 13.0. The summed E-state index contributed by atoms with van der Waals surface area (Å²) in [5.74, 6) is -0.0132. The summed E-state index contributed by atoms with van der Waals surface area (Å²) in [6.07, 6.45) is 1.92. The molecule has 0 heterocycles. The highest BCUT2D eigenvalue weighted by Crippen LogP contribution is 2.35. The third-order valence-corrected chi connectivity index (χ3v) is 2.95. The average molecular weight is 238 g/mol. The summed E-state index contributed by atoms with van der Waals surface area (Å²) in [4.78, 5) is 10.7. The lowest BCUT2D eigenvalue weighted by Crippen LogP contribution is -2.36. The minimum atomic E-state index is -0.373. The van der Waals surface area contributed by atoms with Gasteiger partial charge in [-0.2, -0.15) is 0 Å². The van der Waals surface area contributed by atoms with Gasteiger partial charge in [-0.3, -0.25) is 4.79 Å². The molecule has 2 rings (SSSR count). The zero-order valence-electron chi connectivity index (χ0n) is 9.36. The number of carbonyl (C=O) groups excluding carboxylic acids is 1. The molecular weight excluding hydrogens is 223 g/mol. The van der Waals surface area contributed by atoms with Gasteiger partial charge in [0.25, 0.3) is 0 Å². The Morgan fingerprint density at radius 3 is 2.82 bits per heavy atom. The fourth-order valence-electron chi connectivity index (χ4n) is 2.01. The van der Waals surface area contributed by atoms with Gasteiger partial charge in [-0.15, -0.1) is 0 Å². The molecule has 0 bridgehead atoms. The number of amides is 1. The van der Waals surface area contributed by atoms with Crippen LogP contribution in [-0.4, -0.2) is 12.0 Å². The number of carbonyl (C=O) groups is 1. The molecule has 0 spiro atoms. The van der Waals surface area contributed by atoms with E-state index in [1.807, 2.05) is 0 Å². The number of ether oxygens (including phenoxy) is 1. The molecule has 1 aliphatic carbocycles. The summed E-state index contributed by atoms with van der Waals surface area (Å²) in [7, 11) is 0. The highest BCUT2D eigenvalue weighted by molar-refractivity contribution is 5.74. The van der Waals surface area contributed by atoms with Crippen molar-refractivity contribution in [1.82, 2.24) is 0 Å². The lowest BCUT2D eigenvalue weighted by molar-refractivity contribution is -0.120. The second-order valence-corrected chi connectivity index (χ2v) is 4.43. The predicted molar refractivity (Wildman–Crippen MR) is 61.8 cm³/mol. The van der Waals surface area contributed by atoms with Gasteiger partial charge in [0.2, 0.25) is 5.91 Å². The van der Waals surface area contributed by atoms with Gasteiger partial charge in [0.05, 0.1) is 11.8 Å². The number of primary amides is 1. The van der Waals surface area contributed by atoms with Crippen molar-refractivity contribution in [3.8, 4) is 5.75 Å². The van der Waals surface area contributed by atoms with E-state index in [1.54, 1.807) is 0 Å². The summed E-state index contributed by atoms with van der Waals surface area (Å²) in [5, 5.41) is 0. The van der Waals surface area contributed by atoms with E-state index in [1.165, 1.54) is 18.2 Å². The Labute approximate surface area is 98.7 Å². The second kappa shape index (κ2) is 4.61. The summed E-state index contributed by atoms with van der Waals surface area (Å²) in [6, 6.07) is 4.04. The Balaban J connectivity index is 1.87. The van der Waals surface area contributed by atoms with E-state index in [4.69, 9.17) is 16.2 Å². The minimum absolute atomic E-state index is 0.00319. The van der Waals surface area contributed by atoms with Crippen LogP contribution in [0.5, 0.6) is 5.75 Å². The van der Waals surface area contributed by atoms with Gasteiger partial charge < -0.3 is 16.2 Å². The molecule has 0 saturated heterocycles. The van der Waals surface area contributed by atoms with Crippen LogP contribution < -0.4 is 16.2 Å². The summed E-state index contributed by atoms with van der Waals surface area (Å²) in [6.45, 7) is 0. The van der Waals surface area contributed by atoms with Gasteiger partial charge in [-0.1, -0.05) is 0 Å². The molecule has 1 aromatic rings. The first-order valence-corrected chi connectivity index (χ1v) is 5.54. The lowest BCUT2D eigenvalue weighted by atomic mass is 9.80.